The van der Waals surface area contributed by atoms with E-state index in [1.807, 2.05) is 6.20 Å². The van der Waals surface area contributed by atoms with Gasteiger partial charge in [0.15, 0.2) is 0 Å². The topological polar surface area (TPSA) is 29.0 Å². The summed E-state index contributed by atoms with van der Waals surface area (Å²) in [6.07, 6.45) is 8.22. The molecule has 0 amide bonds. The number of piperidine rings is 1. The molecule has 3 heterocycles. The predicted octanol–water partition coefficient (Wildman–Crippen LogP) is 3.27. The van der Waals surface area contributed by atoms with Gasteiger partial charge in [-0.05, 0) is 39.2 Å². The van der Waals surface area contributed by atoms with Crippen molar-refractivity contribution in [2.75, 3.05) is 7.05 Å². The van der Waals surface area contributed by atoms with Crippen LogP contribution in [0, 0.1) is 0 Å². The van der Waals surface area contributed by atoms with Gasteiger partial charge in [-0.2, -0.15) is 0 Å². The summed E-state index contributed by atoms with van der Waals surface area (Å²) >= 11 is 3.52. The molecule has 3 rings (SSSR count). The lowest BCUT2D eigenvalue weighted by Gasteiger charge is -2.35. The SMILES string of the molecule is CCc1nc(C2CC3CCC(C2)N3C)ncc1CBr. The van der Waals surface area contributed by atoms with Crippen LogP contribution in [0.3, 0.4) is 0 Å². The fraction of sp³-hybridized carbons (Fsp3) is 0.733. The van der Waals surface area contributed by atoms with E-state index >= 15 is 0 Å². The zero-order valence-corrected chi connectivity index (χ0v) is 13.4. The summed E-state index contributed by atoms with van der Waals surface area (Å²) in [5.74, 6) is 1.66. The molecule has 0 spiro atoms. The average molecular weight is 324 g/mol. The van der Waals surface area contributed by atoms with Crippen LogP contribution in [0.15, 0.2) is 6.20 Å². The third kappa shape index (κ3) is 2.45. The number of aromatic nitrogens is 2. The van der Waals surface area contributed by atoms with Gasteiger partial charge >= 0.3 is 0 Å². The number of alkyl halides is 1. The van der Waals surface area contributed by atoms with E-state index in [-0.39, 0.29) is 0 Å². The fourth-order valence-corrected chi connectivity index (χ4v) is 4.16. The molecule has 4 heteroatoms. The molecule has 2 aliphatic heterocycles. The van der Waals surface area contributed by atoms with Crippen LogP contribution in [0.1, 0.15) is 55.6 Å². The molecule has 0 aliphatic carbocycles. The van der Waals surface area contributed by atoms with Crippen LogP contribution in [0.25, 0.3) is 0 Å². The van der Waals surface area contributed by atoms with Crippen molar-refractivity contribution in [3.8, 4) is 0 Å². The number of rotatable bonds is 3. The molecule has 2 fully saturated rings. The molecule has 2 atom stereocenters. The van der Waals surface area contributed by atoms with Gasteiger partial charge in [0.1, 0.15) is 5.82 Å². The molecule has 2 unspecified atom stereocenters. The third-order valence-electron chi connectivity index (χ3n) is 4.92. The first-order valence-electron chi connectivity index (χ1n) is 7.35. The van der Waals surface area contributed by atoms with Gasteiger partial charge in [0.2, 0.25) is 0 Å². The Morgan fingerprint density at radius 3 is 2.58 bits per heavy atom. The average Bonchev–Trinajstić information content (AvgIpc) is 2.68. The Morgan fingerprint density at radius 2 is 2.00 bits per heavy atom. The van der Waals surface area contributed by atoms with E-state index in [0.29, 0.717) is 5.92 Å². The van der Waals surface area contributed by atoms with Crippen molar-refractivity contribution in [1.29, 1.82) is 0 Å². The number of aryl methyl sites for hydroxylation is 1. The highest BCUT2D eigenvalue weighted by molar-refractivity contribution is 9.08. The number of hydrogen-bond acceptors (Lipinski definition) is 3. The number of hydrogen-bond donors (Lipinski definition) is 0. The molecule has 0 saturated carbocycles. The first kappa shape index (κ1) is 13.5. The lowest BCUT2D eigenvalue weighted by molar-refractivity contribution is 0.158. The summed E-state index contributed by atoms with van der Waals surface area (Å²) < 4.78 is 0. The van der Waals surface area contributed by atoms with Gasteiger partial charge in [-0.3, -0.25) is 0 Å². The molecule has 0 N–H and O–H groups in total. The standard InChI is InChI=1S/C15H22BrN3/c1-3-14-11(8-16)9-17-15(18-14)10-6-12-4-5-13(7-10)19(12)2/h9-10,12-13H,3-8H2,1-2H3. The Balaban J connectivity index is 1.83. The van der Waals surface area contributed by atoms with Gasteiger partial charge in [0, 0.05) is 40.8 Å². The minimum atomic E-state index is 0.573. The maximum atomic E-state index is 4.85. The van der Waals surface area contributed by atoms with Crippen LogP contribution >= 0.6 is 15.9 Å². The quantitative estimate of drug-likeness (QED) is 0.799. The van der Waals surface area contributed by atoms with Crippen molar-refractivity contribution >= 4 is 15.9 Å². The number of halogens is 1. The number of fused-ring (bicyclic) bond motifs is 2. The molecule has 2 saturated heterocycles. The summed E-state index contributed by atoms with van der Waals surface area (Å²) in [7, 11) is 2.28. The first-order chi connectivity index (χ1) is 9.22. The molecule has 3 nitrogen and oxygen atoms in total. The molecular formula is C15H22BrN3. The molecule has 1 aromatic rings. The molecule has 2 bridgehead atoms. The fourth-order valence-electron chi connectivity index (χ4n) is 3.69. The number of nitrogens with zero attached hydrogens (tertiary/aromatic N) is 3. The van der Waals surface area contributed by atoms with Crippen LogP contribution in [0.5, 0.6) is 0 Å². The smallest absolute Gasteiger partial charge is 0.131 e. The summed E-state index contributed by atoms with van der Waals surface area (Å²) in [6.45, 7) is 2.18. The van der Waals surface area contributed by atoms with Crippen molar-refractivity contribution in [1.82, 2.24) is 14.9 Å². The van der Waals surface area contributed by atoms with E-state index in [0.717, 1.165) is 29.7 Å². The van der Waals surface area contributed by atoms with E-state index in [9.17, 15) is 0 Å². The molecule has 104 valence electrons. The normalized spacial score (nSPS) is 30.8. The highest BCUT2D eigenvalue weighted by Crippen LogP contribution is 2.41. The van der Waals surface area contributed by atoms with Gasteiger partial charge in [0.25, 0.3) is 0 Å². The lowest BCUT2D eigenvalue weighted by atomic mass is 9.90. The van der Waals surface area contributed by atoms with Crippen LogP contribution in [0.2, 0.25) is 0 Å². The van der Waals surface area contributed by atoms with Crippen LogP contribution in [-0.2, 0) is 11.8 Å². The Labute approximate surface area is 124 Å². The molecule has 2 aliphatic rings. The van der Waals surface area contributed by atoms with Gasteiger partial charge in [0.05, 0.1) is 0 Å². The van der Waals surface area contributed by atoms with Crippen molar-refractivity contribution in [3.63, 3.8) is 0 Å². The monoisotopic (exact) mass is 323 g/mol. The summed E-state index contributed by atoms with van der Waals surface area (Å²) in [4.78, 5) is 12.1. The Kier molecular flexibility index (Phi) is 3.90. The third-order valence-corrected chi connectivity index (χ3v) is 5.52. The summed E-state index contributed by atoms with van der Waals surface area (Å²) in [5, 5.41) is 0.856. The summed E-state index contributed by atoms with van der Waals surface area (Å²) in [5.41, 5.74) is 2.45. The molecular weight excluding hydrogens is 302 g/mol. The van der Waals surface area contributed by atoms with E-state index in [4.69, 9.17) is 4.98 Å². The molecule has 19 heavy (non-hydrogen) atoms. The largest absolute Gasteiger partial charge is 0.300 e. The van der Waals surface area contributed by atoms with Crippen LogP contribution < -0.4 is 0 Å². The predicted molar refractivity (Wildman–Crippen MR) is 80.6 cm³/mol. The van der Waals surface area contributed by atoms with Gasteiger partial charge in [-0.1, -0.05) is 22.9 Å². The maximum absolute atomic E-state index is 4.85. The second-order valence-corrected chi connectivity index (χ2v) is 6.47. The van der Waals surface area contributed by atoms with Crippen LogP contribution in [-0.4, -0.2) is 34.0 Å². The second kappa shape index (κ2) is 5.49. The Morgan fingerprint density at radius 1 is 1.32 bits per heavy atom. The first-order valence-corrected chi connectivity index (χ1v) is 8.47. The molecule has 0 radical (unpaired) electrons. The van der Waals surface area contributed by atoms with E-state index in [1.54, 1.807) is 0 Å². The summed E-state index contributed by atoms with van der Waals surface area (Å²) in [6, 6.07) is 1.52. The lowest BCUT2D eigenvalue weighted by Crippen LogP contribution is -2.39. The second-order valence-electron chi connectivity index (χ2n) is 5.91. The van der Waals surface area contributed by atoms with E-state index in [2.05, 4.69) is 39.8 Å². The molecule has 0 aromatic carbocycles. The van der Waals surface area contributed by atoms with Gasteiger partial charge < -0.3 is 4.90 Å². The zero-order valence-electron chi connectivity index (χ0n) is 11.8. The Hall–Kier alpha value is -0.480. The molecule has 1 aromatic heterocycles. The highest BCUT2D eigenvalue weighted by Gasteiger charge is 2.39. The van der Waals surface area contributed by atoms with Crippen LogP contribution in [0.4, 0.5) is 0 Å². The minimum absolute atomic E-state index is 0.573. The van der Waals surface area contributed by atoms with Crippen molar-refractivity contribution in [3.05, 3.63) is 23.3 Å². The maximum Gasteiger partial charge on any atom is 0.131 e. The van der Waals surface area contributed by atoms with Crippen molar-refractivity contribution in [2.24, 2.45) is 0 Å². The van der Waals surface area contributed by atoms with Crippen molar-refractivity contribution in [2.45, 2.75) is 62.4 Å². The van der Waals surface area contributed by atoms with Crippen molar-refractivity contribution < 1.29 is 0 Å². The Bertz CT molecular complexity index is 449. The minimum Gasteiger partial charge on any atom is -0.300 e. The van der Waals surface area contributed by atoms with Gasteiger partial charge in [-0.25, -0.2) is 9.97 Å². The highest BCUT2D eigenvalue weighted by atomic mass is 79.9. The van der Waals surface area contributed by atoms with E-state index in [1.165, 1.54) is 36.9 Å². The van der Waals surface area contributed by atoms with E-state index < -0.39 is 0 Å². The zero-order chi connectivity index (χ0) is 13.4. The van der Waals surface area contributed by atoms with Gasteiger partial charge in [-0.15, -0.1) is 0 Å².